The van der Waals surface area contributed by atoms with Crippen LogP contribution in [-0.4, -0.2) is 48.9 Å². The molecule has 0 fully saturated rings. The lowest BCUT2D eigenvalue weighted by molar-refractivity contribution is -0.139. The summed E-state index contributed by atoms with van der Waals surface area (Å²) in [5, 5.41) is 12.3. The van der Waals surface area contributed by atoms with Gasteiger partial charge in [0.05, 0.1) is 32.4 Å². The van der Waals surface area contributed by atoms with E-state index >= 15 is 0 Å². The lowest BCUT2D eigenvalue weighted by atomic mass is 10.0. The average molecular weight is 526 g/mol. The molecule has 1 heterocycles. The van der Waals surface area contributed by atoms with Gasteiger partial charge in [-0.05, 0) is 48.0 Å². The van der Waals surface area contributed by atoms with Crippen LogP contribution in [0.2, 0.25) is 10.0 Å². The van der Waals surface area contributed by atoms with E-state index in [2.05, 4.69) is 5.32 Å². The van der Waals surface area contributed by atoms with Crippen LogP contribution in [0.1, 0.15) is 36.6 Å². The number of aliphatic carboxylic acids is 1. The van der Waals surface area contributed by atoms with Gasteiger partial charge in [0.25, 0.3) is 17.7 Å². The molecule has 4 rings (SSSR count). The van der Waals surface area contributed by atoms with Crippen LogP contribution in [0.5, 0.6) is 0 Å². The van der Waals surface area contributed by atoms with Crippen LogP contribution in [0, 0.1) is 0 Å². The maximum atomic E-state index is 13.0. The molecule has 1 aliphatic rings. The number of amides is 3. The Hall–Kier alpha value is -3.88. The Bertz CT molecular complexity index is 1370. The number of hydrogen-bond donors (Lipinski definition) is 2. The summed E-state index contributed by atoms with van der Waals surface area (Å²) < 4.78 is 0. The van der Waals surface area contributed by atoms with Gasteiger partial charge in [-0.15, -0.1) is 0 Å². The zero-order valence-electron chi connectivity index (χ0n) is 19.3. The number of anilines is 2. The molecule has 1 aliphatic heterocycles. The van der Waals surface area contributed by atoms with E-state index in [9.17, 15) is 24.3 Å². The summed E-state index contributed by atoms with van der Waals surface area (Å²) in [7, 11) is 3.69. The molecular weight excluding hydrogens is 505 g/mol. The smallest absolute Gasteiger partial charge is 0.326 e. The summed E-state index contributed by atoms with van der Waals surface area (Å²) in [4.78, 5) is 53.3. The van der Waals surface area contributed by atoms with Gasteiger partial charge in [0.1, 0.15) is 6.04 Å². The minimum atomic E-state index is -1.26. The first kappa shape index (κ1) is 25.2. The fourth-order valence-corrected chi connectivity index (χ4v) is 4.47. The van der Waals surface area contributed by atoms with Crippen LogP contribution in [0.3, 0.4) is 0 Å². The van der Waals surface area contributed by atoms with Crippen molar-refractivity contribution in [3.63, 3.8) is 0 Å². The van der Waals surface area contributed by atoms with Crippen molar-refractivity contribution < 1.29 is 24.3 Å². The molecule has 0 saturated heterocycles. The van der Waals surface area contributed by atoms with E-state index < -0.39 is 29.7 Å². The second-order valence-electron chi connectivity index (χ2n) is 8.40. The van der Waals surface area contributed by atoms with E-state index in [1.807, 2.05) is 19.0 Å². The molecule has 3 aromatic rings. The molecule has 36 heavy (non-hydrogen) atoms. The van der Waals surface area contributed by atoms with Crippen molar-refractivity contribution in [3.05, 3.63) is 93.0 Å². The number of imide groups is 1. The number of carbonyl (C=O) groups is 4. The third kappa shape index (κ3) is 4.78. The number of halogens is 2. The minimum absolute atomic E-state index is 0.00881. The van der Waals surface area contributed by atoms with Gasteiger partial charge in [0.2, 0.25) is 0 Å². The van der Waals surface area contributed by atoms with Gasteiger partial charge >= 0.3 is 5.97 Å². The summed E-state index contributed by atoms with van der Waals surface area (Å²) in [6, 6.07) is 14.7. The maximum Gasteiger partial charge on any atom is 0.326 e. The van der Waals surface area contributed by atoms with E-state index in [0.29, 0.717) is 22.4 Å². The highest BCUT2D eigenvalue weighted by atomic mass is 35.5. The highest BCUT2D eigenvalue weighted by Gasteiger charge is 2.37. The number of rotatable bonds is 7. The molecule has 10 heteroatoms. The third-order valence-corrected chi connectivity index (χ3v) is 6.44. The first-order valence-corrected chi connectivity index (χ1v) is 11.6. The van der Waals surface area contributed by atoms with Crippen molar-refractivity contribution in [1.82, 2.24) is 5.32 Å². The van der Waals surface area contributed by atoms with E-state index in [1.54, 1.807) is 48.5 Å². The van der Waals surface area contributed by atoms with E-state index in [4.69, 9.17) is 23.2 Å². The van der Waals surface area contributed by atoms with Gasteiger partial charge in [-0.2, -0.15) is 0 Å². The lowest BCUT2D eigenvalue weighted by Gasteiger charge is -2.17. The number of carboxylic acid groups (broad SMARTS) is 1. The summed E-state index contributed by atoms with van der Waals surface area (Å²) in [5.74, 6) is -2.82. The molecule has 2 N–H and O–H groups in total. The second kappa shape index (κ2) is 10.0. The van der Waals surface area contributed by atoms with Gasteiger partial charge in [0, 0.05) is 26.2 Å². The molecule has 184 valence electrons. The molecule has 0 unspecified atom stereocenters. The van der Waals surface area contributed by atoms with Gasteiger partial charge in [-0.25, -0.2) is 9.69 Å². The number of benzene rings is 3. The molecular formula is C26H21Cl2N3O5. The van der Waals surface area contributed by atoms with Crippen LogP contribution < -0.4 is 15.1 Å². The number of carboxylic acids is 1. The quantitative estimate of drug-likeness (QED) is 0.445. The molecule has 1 atom stereocenters. The summed E-state index contributed by atoms with van der Waals surface area (Å²) >= 11 is 12.1. The fourth-order valence-electron chi connectivity index (χ4n) is 3.90. The predicted octanol–water partition coefficient (Wildman–Crippen LogP) is 4.29. The Morgan fingerprint density at radius 3 is 2.14 bits per heavy atom. The number of fused-ring (bicyclic) bond motifs is 1. The zero-order chi connectivity index (χ0) is 26.1. The lowest BCUT2D eigenvalue weighted by Crippen LogP contribution is -2.42. The molecule has 0 saturated carbocycles. The Kier molecular flexibility index (Phi) is 7.01. The molecule has 0 aromatic heterocycles. The Morgan fingerprint density at radius 2 is 1.56 bits per heavy atom. The van der Waals surface area contributed by atoms with E-state index in [0.717, 1.165) is 10.6 Å². The minimum Gasteiger partial charge on any atom is -0.480 e. The predicted molar refractivity (Wildman–Crippen MR) is 137 cm³/mol. The van der Waals surface area contributed by atoms with Crippen molar-refractivity contribution in [2.45, 2.75) is 12.5 Å². The Balaban J connectivity index is 1.51. The first-order valence-electron chi connectivity index (χ1n) is 10.8. The molecule has 0 bridgehead atoms. The normalized spacial score (nSPS) is 13.4. The van der Waals surface area contributed by atoms with Crippen molar-refractivity contribution in [1.29, 1.82) is 0 Å². The molecule has 0 aliphatic carbocycles. The van der Waals surface area contributed by atoms with Crippen LogP contribution in [0.4, 0.5) is 11.4 Å². The van der Waals surface area contributed by atoms with E-state index in [1.165, 1.54) is 12.1 Å². The summed E-state index contributed by atoms with van der Waals surface area (Å²) in [6.45, 7) is 0. The third-order valence-electron chi connectivity index (χ3n) is 5.81. The molecule has 0 spiro atoms. The molecule has 3 amide bonds. The Morgan fingerprint density at radius 1 is 0.944 bits per heavy atom. The number of nitrogens with one attached hydrogen (secondary N) is 1. The van der Waals surface area contributed by atoms with Crippen LogP contribution in [0.15, 0.2) is 60.7 Å². The van der Waals surface area contributed by atoms with Crippen LogP contribution in [-0.2, 0) is 11.2 Å². The van der Waals surface area contributed by atoms with Crippen molar-refractivity contribution in [2.75, 3.05) is 23.9 Å². The van der Waals surface area contributed by atoms with Crippen molar-refractivity contribution >= 4 is 58.3 Å². The monoisotopic (exact) mass is 525 g/mol. The number of carbonyl (C=O) groups excluding carboxylic acids is 3. The molecule has 0 radical (unpaired) electrons. The van der Waals surface area contributed by atoms with Crippen molar-refractivity contribution in [3.8, 4) is 0 Å². The fraction of sp³-hybridized carbons (Fsp3) is 0.154. The van der Waals surface area contributed by atoms with Crippen LogP contribution >= 0.6 is 23.2 Å². The largest absolute Gasteiger partial charge is 0.480 e. The van der Waals surface area contributed by atoms with Gasteiger partial charge in [-0.1, -0.05) is 41.4 Å². The maximum absolute atomic E-state index is 13.0. The molecule has 8 nitrogen and oxygen atoms in total. The Labute approximate surface area is 217 Å². The molecule has 3 aromatic carbocycles. The first-order chi connectivity index (χ1) is 17.1. The highest BCUT2D eigenvalue weighted by molar-refractivity contribution is 6.39. The average Bonchev–Trinajstić information content (AvgIpc) is 3.08. The standard InChI is InChI=1S/C26H21Cl2N3O5/c1-30(2)16-10-11-17-18(13-16)25(34)31(24(17)33)15-8-6-14(7-9-15)12-21(26(35)36)29-23(32)22-19(27)4-3-5-20(22)28/h3-11,13,21H,12H2,1-2H3,(H,29,32)(H,35,36)/t21-/m0/s1. The summed E-state index contributed by atoms with van der Waals surface area (Å²) in [5.41, 5.74) is 2.36. The SMILES string of the molecule is CN(C)c1ccc2c(c1)C(=O)N(c1ccc(C[C@H](NC(=O)c3c(Cl)cccc3Cl)C(=O)O)cc1)C2=O. The van der Waals surface area contributed by atoms with Gasteiger partial charge in [0.15, 0.2) is 0 Å². The van der Waals surface area contributed by atoms with Gasteiger partial charge < -0.3 is 15.3 Å². The number of nitrogens with zero attached hydrogens (tertiary/aromatic N) is 2. The van der Waals surface area contributed by atoms with E-state index in [-0.39, 0.29) is 22.0 Å². The topological polar surface area (TPSA) is 107 Å². The second-order valence-corrected chi connectivity index (χ2v) is 9.22. The van der Waals surface area contributed by atoms with Gasteiger partial charge in [-0.3, -0.25) is 14.4 Å². The van der Waals surface area contributed by atoms with Crippen LogP contribution in [0.25, 0.3) is 0 Å². The van der Waals surface area contributed by atoms with Crippen molar-refractivity contribution in [2.24, 2.45) is 0 Å². The highest BCUT2D eigenvalue weighted by Crippen LogP contribution is 2.31. The zero-order valence-corrected chi connectivity index (χ0v) is 20.8. The summed E-state index contributed by atoms with van der Waals surface area (Å²) in [6.07, 6.45) is -0.0439. The number of hydrogen-bond acceptors (Lipinski definition) is 5.